The number of halogens is 3. The Labute approximate surface area is 151 Å². The van der Waals surface area contributed by atoms with E-state index in [1.165, 1.54) is 6.42 Å². The van der Waals surface area contributed by atoms with Crippen molar-refractivity contribution in [2.45, 2.75) is 64.7 Å². The van der Waals surface area contributed by atoms with Crippen molar-refractivity contribution in [1.29, 1.82) is 0 Å². The van der Waals surface area contributed by atoms with Gasteiger partial charge in [-0.05, 0) is 26.7 Å². The average molecular weight is 373 g/mol. The second-order valence-electron chi connectivity index (χ2n) is 7.31. The van der Waals surface area contributed by atoms with Crippen molar-refractivity contribution in [2.24, 2.45) is 5.92 Å². The third kappa shape index (κ3) is 4.05. The molecule has 5 nitrogen and oxygen atoms in total. The van der Waals surface area contributed by atoms with Gasteiger partial charge in [0.05, 0.1) is 24.9 Å². The third-order valence-corrected chi connectivity index (χ3v) is 5.47. The normalized spacial score (nSPS) is 22.7. The number of ether oxygens (including phenoxy) is 1. The van der Waals surface area contributed by atoms with Crippen LogP contribution in [-0.4, -0.2) is 46.5 Å². The van der Waals surface area contributed by atoms with Crippen molar-refractivity contribution < 1.29 is 22.7 Å². The number of nitrogens with zero attached hydrogens (tertiary/aromatic N) is 3. The molecule has 2 aliphatic rings. The maximum Gasteiger partial charge on any atom is 0.408 e. The molecule has 1 aromatic rings. The van der Waals surface area contributed by atoms with E-state index in [2.05, 4.69) is 5.10 Å². The number of carbonyl (C=O) groups excluding carboxylic acids is 1. The van der Waals surface area contributed by atoms with E-state index >= 15 is 0 Å². The summed E-state index contributed by atoms with van der Waals surface area (Å²) in [5, 5.41) is 4.08. The van der Waals surface area contributed by atoms with Crippen LogP contribution in [0.15, 0.2) is 0 Å². The Hall–Kier alpha value is -1.57. The number of amides is 1. The minimum absolute atomic E-state index is 0.0233. The van der Waals surface area contributed by atoms with Gasteiger partial charge in [0.1, 0.15) is 6.54 Å². The van der Waals surface area contributed by atoms with E-state index < -0.39 is 12.7 Å². The molecule has 1 amide bonds. The van der Waals surface area contributed by atoms with E-state index in [9.17, 15) is 18.0 Å². The molecule has 146 valence electrons. The Kier molecular flexibility index (Phi) is 5.60. The molecule has 0 unspecified atom stereocenters. The topological polar surface area (TPSA) is 47.4 Å². The zero-order valence-electron chi connectivity index (χ0n) is 15.3. The van der Waals surface area contributed by atoms with Gasteiger partial charge < -0.3 is 9.64 Å². The first kappa shape index (κ1) is 19.2. The molecule has 1 aliphatic heterocycles. The molecule has 8 heteroatoms. The van der Waals surface area contributed by atoms with Crippen LogP contribution in [0.2, 0.25) is 0 Å². The Morgan fingerprint density at radius 3 is 2.58 bits per heavy atom. The molecule has 0 aromatic carbocycles. The van der Waals surface area contributed by atoms with Crippen LogP contribution in [0.3, 0.4) is 0 Å². The lowest BCUT2D eigenvalue weighted by molar-refractivity contribution is -0.146. The van der Waals surface area contributed by atoms with Crippen LogP contribution < -0.4 is 0 Å². The molecule has 0 spiro atoms. The number of hydrogen-bond donors (Lipinski definition) is 0. The van der Waals surface area contributed by atoms with Gasteiger partial charge in [0.15, 0.2) is 0 Å². The number of morpholine rings is 1. The van der Waals surface area contributed by atoms with Gasteiger partial charge in [-0.25, -0.2) is 0 Å². The standard InChI is InChI=1S/C18H26F3N3O2/c1-12-16(13(2)24(22-12)11-18(19,20)21)15-10-26-9-8-23(15)17(25)14-6-4-3-5-7-14/h14-15H,3-11H2,1-2H3/t15-/m0/s1. The van der Waals surface area contributed by atoms with Crippen LogP contribution >= 0.6 is 0 Å². The number of aryl methyl sites for hydroxylation is 1. The molecule has 1 atom stereocenters. The van der Waals surface area contributed by atoms with Crippen LogP contribution in [0.4, 0.5) is 13.2 Å². The van der Waals surface area contributed by atoms with Crippen molar-refractivity contribution in [2.75, 3.05) is 19.8 Å². The molecule has 3 rings (SSSR count). The Morgan fingerprint density at radius 2 is 1.92 bits per heavy atom. The van der Waals surface area contributed by atoms with E-state index in [4.69, 9.17) is 4.74 Å². The molecule has 1 aliphatic carbocycles. The van der Waals surface area contributed by atoms with Crippen LogP contribution in [0, 0.1) is 19.8 Å². The highest BCUT2D eigenvalue weighted by Gasteiger charge is 2.37. The lowest BCUT2D eigenvalue weighted by atomic mass is 9.87. The van der Waals surface area contributed by atoms with Gasteiger partial charge in [-0.1, -0.05) is 19.3 Å². The van der Waals surface area contributed by atoms with Crippen LogP contribution in [0.5, 0.6) is 0 Å². The number of alkyl halides is 3. The number of aromatic nitrogens is 2. The highest BCUT2D eigenvalue weighted by Crippen LogP contribution is 2.34. The van der Waals surface area contributed by atoms with Gasteiger partial charge in [0.2, 0.25) is 5.91 Å². The summed E-state index contributed by atoms with van der Waals surface area (Å²) in [5.41, 5.74) is 1.68. The highest BCUT2D eigenvalue weighted by atomic mass is 19.4. The second kappa shape index (κ2) is 7.58. The number of carbonyl (C=O) groups is 1. The van der Waals surface area contributed by atoms with Crippen molar-refractivity contribution >= 4 is 5.91 Å². The summed E-state index contributed by atoms with van der Waals surface area (Å²) in [6, 6.07) is -0.361. The fraction of sp³-hybridized carbons (Fsp3) is 0.778. The molecule has 0 bridgehead atoms. The first-order valence-corrected chi connectivity index (χ1v) is 9.27. The summed E-state index contributed by atoms with van der Waals surface area (Å²) in [4.78, 5) is 14.9. The first-order valence-electron chi connectivity index (χ1n) is 9.27. The predicted octanol–water partition coefficient (Wildman–Crippen LogP) is 3.54. The average Bonchev–Trinajstić information content (AvgIpc) is 2.87. The van der Waals surface area contributed by atoms with Gasteiger partial charge in [-0.15, -0.1) is 0 Å². The number of rotatable bonds is 3. The molecule has 1 saturated heterocycles. The monoisotopic (exact) mass is 373 g/mol. The molecule has 0 radical (unpaired) electrons. The van der Waals surface area contributed by atoms with Gasteiger partial charge in [-0.3, -0.25) is 9.48 Å². The fourth-order valence-corrected chi connectivity index (χ4v) is 4.21. The van der Waals surface area contributed by atoms with Crippen LogP contribution in [-0.2, 0) is 16.1 Å². The summed E-state index contributed by atoms with van der Waals surface area (Å²) in [6.45, 7) is 3.46. The van der Waals surface area contributed by atoms with Crippen molar-refractivity contribution in [3.8, 4) is 0 Å². The van der Waals surface area contributed by atoms with Crippen LogP contribution in [0.25, 0.3) is 0 Å². The van der Waals surface area contributed by atoms with Gasteiger partial charge in [0.25, 0.3) is 0 Å². The molecular weight excluding hydrogens is 347 g/mol. The van der Waals surface area contributed by atoms with E-state index in [1.54, 1.807) is 13.8 Å². The zero-order chi connectivity index (χ0) is 18.9. The lowest BCUT2D eigenvalue weighted by Gasteiger charge is -2.38. The van der Waals surface area contributed by atoms with E-state index in [0.29, 0.717) is 36.7 Å². The summed E-state index contributed by atoms with van der Waals surface area (Å²) in [7, 11) is 0. The lowest BCUT2D eigenvalue weighted by Crippen LogP contribution is -2.46. The highest BCUT2D eigenvalue weighted by molar-refractivity contribution is 5.79. The minimum Gasteiger partial charge on any atom is -0.377 e. The maximum atomic E-state index is 13.1. The summed E-state index contributed by atoms with van der Waals surface area (Å²) < 4.78 is 45.0. The van der Waals surface area contributed by atoms with Gasteiger partial charge in [0, 0.05) is 23.7 Å². The molecule has 0 N–H and O–H groups in total. The number of hydrogen-bond acceptors (Lipinski definition) is 3. The van der Waals surface area contributed by atoms with Crippen molar-refractivity contribution in [3.63, 3.8) is 0 Å². The maximum absolute atomic E-state index is 13.1. The molecule has 1 saturated carbocycles. The Bertz CT molecular complexity index is 651. The Balaban J connectivity index is 1.87. The van der Waals surface area contributed by atoms with Crippen LogP contribution in [0.1, 0.15) is 55.1 Å². The van der Waals surface area contributed by atoms with E-state index in [-0.39, 0.29) is 17.9 Å². The van der Waals surface area contributed by atoms with Gasteiger partial charge >= 0.3 is 6.18 Å². The predicted molar refractivity (Wildman–Crippen MR) is 89.6 cm³/mol. The van der Waals surface area contributed by atoms with Gasteiger partial charge in [-0.2, -0.15) is 18.3 Å². The largest absolute Gasteiger partial charge is 0.408 e. The molecular formula is C18H26F3N3O2. The van der Waals surface area contributed by atoms with Crippen molar-refractivity contribution in [1.82, 2.24) is 14.7 Å². The van der Waals surface area contributed by atoms with E-state index in [1.807, 2.05) is 4.90 Å². The zero-order valence-corrected chi connectivity index (χ0v) is 15.3. The van der Waals surface area contributed by atoms with Crippen molar-refractivity contribution in [3.05, 3.63) is 17.0 Å². The smallest absolute Gasteiger partial charge is 0.377 e. The first-order chi connectivity index (χ1) is 12.3. The second-order valence-corrected chi connectivity index (χ2v) is 7.31. The Morgan fingerprint density at radius 1 is 1.23 bits per heavy atom. The molecule has 1 aromatic heterocycles. The summed E-state index contributed by atoms with van der Waals surface area (Å²) in [5.74, 6) is 0.135. The molecule has 2 heterocycles. The minimum atomic E-state index is -4.33. The van der Waals surface area contributed by atoms with E-state index in [0.717, 1.165) is 30.4 Å². The molecule has 2 fully saturated rings. The quantitative estimate of drug-likeness (QED) is 0.814. The SMILES string of the molecule is Cc1nn(CC(F)(F)F)c(C)c1[C@@H]1COCCN1C(=O)C1CCCCC1. The third-order valence-electron chi connectivity index (χ3n) is 5.47. The summed E-state index contributed by atoms with van der Waals surface area (Å²) in [6.07, 6.45) is 0.752. The summed E-state index contributed by atoms with van der Waals surface area (Å²) >= 11 is 0. The molecule has 26 heavy (non-hydrogen) atoms. The fourth-order valence-electron chi connectivity index (χ4n) is 4.21.